The van der Waals surface area contributed by atoms with Gasteiger partial charge in [0.2, 0.25) is 0 Å². The molecule has 0 aromatic carbocycles. The van der Waals surface area contributed by atoms with Crippen LogP contribution in [0.3, 0.4) is 0 Å². The standard InChI is InChI=1S/C8H9NS/c1-2-5-9-8-7(3-1)4-6-10-8/h2,4-6,9H,1,3H2. The van der Waals surface area contributed by atoms with Gasteiger partial charge in [-0.1, -0.05) is 6.08 Å². The van der Waals surface area contributed by atoms with Gasteiger partial charge >= 0.3 is 0 Å². The highest BCUT2D eigenvalue weighted by atomic mass is 32.1. The molecule has 52 valence electrons. The second-order valence-electron chi connectivity index (χ2n) is 2.36. The molecule has 0 fully saturated rings. The van der Waals surface area contributed by atoms with E-state index < -0.39 is 0 Å². The number of aryl methyl sites for hydroxylation is 1. The van der Waals surface area contributed by atoms with Crippen LogP contribution in [0.25, 0.3) is 0 Å². The second kappa shape index (κ2) is 2.46. The van der Waals surface area contributed by atoms with Crippen molar-refractivity contribution in [1.82, 2.24) is 0 Å². The predicted molar refractivity (Wildman–Crippen MR) is 45.4 cm³/mol. The molecule has 0 unspecified atom stereocenters. The summed E-state index contributed by atoms with van der Waals surface area (Å²) in [7, 11) is 0. The van der Waals surface area contributed by atoms with E-state index in [1.165, 1.54) is 17.0 Å². The molecule has 0 spiro atoms. The van der Waals surface area contributed by atoms with Gasteiger partial charge in [-0.2, -0.15) is 0 Å². The predicted octanol–water partition coefficient (Wildman–Crippen LogP) is 2.62. The van der Waals surface area contributed by atoms with Crippen molar-refractivity contribution in [3.63, 3.8) is 0 Å². The van der Waals surface area contributed by atoms with Crippen molar-refractivity contribution in [3.05, 3.63) is 29.3 Å². The highest BCUT2D eigenvalue weighted by Crippen LogP contribution is 2.25. The summed E-state index contributed by atoms with van der Waals surface area (Å²) in [5.41, 5.74) is 1.45. The first kappa shape index (κ1) is 5.98. The van der Waals surface area contributed by atoms with Crippen LogP contribution < -0.4 is 5.32 Å². The van der Waals surface area contributed by atoms with E-state index in [0.717, 1.165) is 6.42 Å². The number of hydrogen-bond donors (Lipinski definition) is 1. The Balaban J connectivity index is 2.37. The van der Waals surface area contributed by atoms with E-state index >= 15 is 0 Å². The Kier molecular flexibility index (Phi) is 1.47. The zero-order valence-corrected chi connectivity index (χ0v) is 6.45. The average Bonchev–Trinajstić information content (AvgIpc) is 2.28. The summed E-state index contributed by atoms with van der Waals surface area (Å²) in [5, 5.41) is 6.69. The van der Waals surface area contributed by atoms with E-state index in [1.807, 2.05) is 6.20 Å². The molecule has 0 aliphatic carbocycles. The van der Waals surface area contributed by atoms with Gasteiger partial charge in [-0.3, -0.25) is 0 Å². The summed E-state index contributed by atoms with van der Waals surface area (Å²) < 4.78 is 0. The van der Waals surface area contributed by atoms with E-state index in [1.54, 1.807) is 11.3 Å². The third kappa shape index (κ3) is 0.948. The smallest absolute Gasteiger partial charge is 0.0954 e. The van der Waals surface area contributed by atoms with Crippen LogP contribution in [0.5, 0.6) is 0 Å². The van der Waals surface area contributed by atoms with Crippen LogP contribution in [0, 0.1) is 0 Å². The first-order valence-electron chi connectivity index (χ1n) is 3.45. The molecule has 2 rings (SSSR count). The molecule has 1 aromatic heterocycles. The van der Waals surface area contributed by atoms with Gasteiger partial charge in [0.05, 0.1) is 5.00 Å². The maximum atomic E-state index is 3.24. The van der Waals surface area contributed by atoms with Gasteiger partial charge in [0, 0.05) is 0 Å². The second-order valence-corrected chi connectivity index (χ2v) is 3.28. The summed E-state index contributed by atoms with van der Waals surface area (Å²) in [6.07, 6.45) is 6.55. The first-order valence-corrected chi connectivity index (χ1v) is 4.33. The van der Waals surface area contributed by atoms with Crippen LogP contribution in [-0.2, 0) is 6.42 Å². The maximum absolute atomic E-state index is 3.24. The minimum atomic E-state index is 1.16. The quantitative estimate of drug-likeness (QED) is 0.601. The largest absolute Gasteiger partial charge is 0.354 e. The van der Waals surface area contributed by atoms with Crippen molar-refractivity contribution < 1.29 is 0 Å². The summed E-state index contributed by atoms with van der Waals surface area (Å²) in [5.74, 6) is 0. The molecule has 0 bridgehead atoms. The van der Waals surface area contributed by atoms with Gasteiger partial charge in [-0.25, -0.2) is 0 Å². The molecular formula is C8H9NS. The molecule has 0 saturated heterocycles. The Hall–Kier alpha value is -0.760. The van der Waals surface area contributed by atoms with Gasteiger partial charge in [-0.05, 0) is 36.1 Å². The maximum Gasteiger partial charge on any atom is 0.0954 e. The van der Waals surface area contributed by atoms with E-state index in [0.29, 0.717) is 0 Å². The number of thiophene rings is 1. The van der Waals surface area contributed by atoms with Gasteiger partial charge in [-0.15, -0.1) is 11.3 Å². The minimum Gasteiger partial charge on any atom is -0.354 e. The SMILES string of the molecule is C1=CNc2sccc2CC1. The van der Waals surface area contributed by atoms with Gasteiger partial charge in [0.15, 0.2) is 0 Å². The first-order chi connectivity index (χ1) is 4.97. The Morgan fingerprint density at radius 2 is 2.50 bits per heavy atom. The summed E-state index contributed by atoms with van der Waals surface area (Å²) >= 11 is 1.78. The van der Waals surface area contributed by atoms with Crippen molar-refractivity contribution in [2.24, 2.45) is 0 Å². The molecule has 1 aromatic rings. The molecule has 0 radical (unpaired) electrons. The fourth-order valence-corrected chi connectivity index (χ4v) is 1.94. The normalized spacial score (nSPS) is 15.6. The van der Waals surface area contributed by atoms with E-state index in [9.17, 15) is 0 Å². The van der Waals surface area contributed by atoms with Crippen molar-refractivity contribution in [2.75, 3.05) is 5.32 Å². The molecule has 2 heteroatoms. The third-order valence-corrected chi connectivity index (χ3v) is 2.55. The zero-order chi connectivity index (χ0) is 6.81. The minimum absolute atomic E-state index is 1.16. The van der Waals surface area contributed by atoms with Crippen LogP contribution in [0.2, 0.25) is 0 Å². The monoisotopic (exact) mass is 151 g/mol. The summed E-state index contributed by atoms with van der Waals surface area (Å²) in [4.78, 5) is 0. The van der Waals surface area contributed by atoms with E-state index in [-0.39, 0.29) is 0 Å². The van der Waals surface area contributed by atoms with Crippen LogP contribution in [0.4, 0.5) is 5.00 Å². The fraction of sp³-hybridized carbons (Fsp3) is 0.250. The molecule has 1 aliphatic rings. The molecule has 1 nitrogen and oxygen atoms in total. The molecule has 2 heterocycles. The van der Waals surface area contributed by atoms with E-state index in [4.69, 9.17) is 0 Å². The van der Waals surface area contributed by atoms with Crippen molar-refractivity contribution in [3.8, 4) is 0 Å². The molecule has 0 atom stereocenters. The lowest BCUT2D eigenvalue weighted by Gasteiger charge is -1.95. The van der Waals surface area contributed by atoms with Crippen molar-refractivity contribution in [1.29, 1.82) is 0 Å². The Labute approximate surface area is 64.4 Å². The number of fused-ring (bicyclic) bond motifs is 1. The number of hydrogen-bond acceptors (Lipinski definition) is 2. The summed E-state index contributed by atoms with van der Waals surface area (Å²) in [6.45, 7) is 0. The van der Waals surface area contributed by atoms with Crippen molar-refractivity contribution >= 4 is 16.3 Å². The Morgan fingerprint density at radius 3 is 3.50 bits per heavy atom. The van der Waals surface area contributed by atoms with Crippen LogP contribution in [-0.4, -0.2) is 0 Å². The van der Waals surface area contributed by atoms with Crippen molar-refractivity contribution in [2.45, 2.75) is 12.8 Å². The number of nitrogens with one attached hydrogen (secondary N) is 1. The highest BCUT2D eigenvalue weighted by Gasteiger charge is 2.02. The topological polar surface area (TPSA) is 12.0 Å². The lowest BCUT2D eigenvalue weighted by Crippen LogP contribution is -1.83. The van der Waals surface area contributed by atoms with Gasteiger partial charge in [0.1, 0.15) is 0 Å². The Morgan fingerprint density at radius 1 is 1.50 bits per heavy atom. The lowest BCUT2D eigenvalue weighted by atomic mass is 10.2. The fourth-order valence-electron chi connectivity index (χ4n) is 1.12. The number of allylic oxidation sites excluding steroid dienone is 1. The number of rotatable bonds is 0. The molecule has 10 heavy (non-hydrogen) atoms. The van der Waals surface area contributed by atoms with Crippen LogP contribution in [0.15, 0.2) is 23.7 Å². The Bertz CT molecular complexity index is 250. The number of anilines is 1. The molecule has 0 amide bonds. The average molecular weight is 151 g/mol. The van der Waals surface area contributed by atoms with Crippen LogP contribution >= 0.6 is 11.3 Å². The third-order valence-electron chi connectivity index (χ3n) is 1.66. The molecule has 1 N–H and O–H groups in total. The van der Waals surface area contributed by atoms with Gasteiger partial charge in [0.25, 0.3) is 0 Å². The van der Waals surface area contributed by atoms with Crippen LogP contribution in [0.1, 0.15) is 12.0 Å². The molecule has 1 aliphatic heterocycles. The zero-order valence-electron chi connectivity index (χ0n) is 5.63. The van der Waals surface area contributed by atoms with Gasteiger partial charge < -0.3 is 5.32 Å². The molecular weight excluding hydrogens is 142 g/mol. The highest BCUT2D eigenvalue weighted by molar-refractivity contribution is 7.14. The lowest BCUT2D eigenvalue weighted by molar-refractivity contribution is 1.02. The summed E-state index contributed by atoms with van der Waals surface area (Å²) in [6, 6.07) is 2.19. The molecule has 0 saturated carbocycles. The van der Waals surface area contributed by atoms with E-state index in [2.05, 4.69) is 22.8 Å².